The molecule has 1 aromatic rings. The van der Waals surface area contributed by atoms with Crippen LogP contribution in [0, 0.1) is 13.8 Å². The molecule has 0 aromatic heterocycles. The van der Waals surface area contributed by atoms with E-state index in [9.17, 15) is 4.79 Å². The average Bonchev–Trinajstić information content (AvgIpc) is 2.83. The zero-order valence-corrected chi connectivity index (χ0v) is 11.2. The molecule has 1 fully saturated rings. The molecule has 3 nitrogen and oxygen atoms in total. The van der Waals surface area contributed by atoms with E-state index in [0.29, 0.717) is 13.0 Å². The van der Waals surface area contributed by atoms with Crippen molar-refractivity contribution in [2.75, 3.05) is 13.2 Å². The number of ether oxygens (including phenoxy) is 1. The van der Waals surface area contributed by atoms with Gasteiger partial charge in [-0.25, -0.2) is 0 Å². The average molecular weight is 247 g/mol. The number of carbonyl (C=O) groups is 1. The predicted molar refractivity (Wildman–Crippen MR) is 71.6 cm³/mol. The summed E-state index contributed by atoms with van der Waals surface area (Å²) >= 11 is 0. The Balaban J connectivity index is 1.82. The smallest absolute Gasteiger partial charge is 0.224 e. The highest BCUT2D eigenvalue weighted by molar-refractivity contribution is 5.78. The minimum Gasteiger partial charge on any atom is -0.376 e. The maximum absolute atomic E-state index is 11.8. The highest BCUT2D eigenvalue weighted by atomic mass is 16.5. The zero-order valence-electron chi connectivity index (χ0n) is 11.2. The van der Waals surface area contributed by atoms with E-state index >= 15 is 0 Å². The molecule has 0 radical (unpaired) electrons. The molecule has 1 saturated heterocycles. The van der Waals surface area contributed by atoms with Gasteiger partial charge in [0, 0.05) is 13.2 Å². The first kappa shape index (κ1) is 13.1. The summed E-state index contributed by atoms with van der Waals surface area (Å²) < 4.78 is 5.48. The fraction of sp³-hybridized carbons (Fsp3) is 0.533. The summed E-state index contributed by atoms with van der Waals surface area (Å²) in [6.45, 7) is 5.59. The van der Waals surface area contributed by atoms with E-state index in [-0.39, 0.29) is 12.0 Å². The number of carbonyl (C=O) groups excluding carboxylic acids is 1. The molecule has 1 N–H and O–H groups in total. The Morgan fingerprint density at radius 2 is 2.28 bits per heavy atom. The van der Waals surface area contributed by atoms with Gasteiger partial charge < -0.3 is 10.1 Å². The van der Waals surface area contributed by atoms with Crippen LogP contribution >= 0.6 is 0 Å². The normalized spacial score (nSPS) is 18.9. The quantitative estimate of drug-likeness (QED) is 0.885. The van der Waals surface area contributed by atoms with Gasteiger partial charge in [-0.2, -0.15) is 0 Å². The maximum atomic E-state index is 11.8. The summed E-state index contributed by atoms with van der Waals surface area (Å²) in [7, 11) is 0. The van der Waals surface area contributed by atoms with Crippen LogP contribution in [0.2, 0.25) is 0 Å². The lowest BCUT2D eigenvalue weighted by atomic mass is 10.0. The van der Waals surface area contributed by atoms with Gasteiger partial charge in [0.25, 0.3) is 0 Å². The monoisotopic (exact) mass is 247 g/mol. The Bertz CT molecular complexity index is 423. The molecule has 1 heterocycles. The van der Waals surface area contributed by atoms with E-state index in [1.165, 1.54) is 11.1 Å². The second-order valence-corrected chi connectivity index (χ2v) is 5.05. The Morgan fingerprint density at radius 3 is 2.94 bits per heavy atom. The fourth-order valence-electron chi connectivity index (χ4n) is 2.31. The van der Waals surface area contributed by atoms with Gasteiger partial charge in [-0.05, 0) is 37.8 Å². The Morgan fingerprint density at radius 1 is 1.44 bits per heavy atom. The highest BCUT2D eigenvalue weighted by Crippen LogP contribution is 2.12. The van der Waals surface area contributed by atoms with Gasteiger partial charge in [0.2, 0.25) is 5.91 Å². The van der Waals surface area contributed by atoms with E-state index in [1.54, 1.807) is 0 Å². The second kappa shape index (κ2) is 6.01. The van der Waals surface area contributed by atoms with Crippen LogP contribution < -0.4 is 5.32 Å². The molecule has 3 heteroatoms. The van der Waals surface area contributed by atoms with E-state index in [0.717, 1.165) is 25.0 Å². The van der Waals surface area contributed by atoms with Crippen molar-refractivity contribution >= 4 is 5.91 Å². The summed E-state index contributed by atoms with van der Waals surface area (Å²) in [6, 6.07) is 6.20. The fourth-order valence-corrected chi connectivity index (χ4v) is 2.31. The molecule has 0 aliphatic carbocycles. The first-order valence-electron chi connectivity index (χ1n) is 6.59. The number of nitrogens with one attached hydrogen (secondary N) is 1. The van der Waals surface area contributed by atoms with Crippen molar-refractivity contribution in [3.63, 3.8) is 0 Å². The van der Waals surface area contributed by atoms with Crippen molar-refractivity contribution < 1.29 is 9.53 Å². The summed E-state index contributed by atoms with van der Waals surface area (Å²) in [5.41, 5.74) is 3.52. The summed E-state index contributed by atoms with van der Waals surface area (Å²) in [6.07, 6.45) is 2.84. The molecule has 1 aromatic carbocycles. The van der Waals surface area contributed by atoms with Crippen LogP contribution in [-0.2, 0) is 16.0 Å². The van der Waals surface area contributed by atoms with Crippen molar-refractivity contribution in [2.24, 2.45) is 0 Å². The highest BCUT2D eigenvalue weighted by Gasteiger charge is 2.16. The maximum Gasteiger partial charge on any atom is 0.224 e. The second-order valence-electron chi connectivity index (χ2n) is 5.05. The largest absolute Gasteiger partial charge is 0.376 e. The van der Waals surface area contributed by atoms with Crippen molar-refractivity contribution in [3.05, 3.63) is 34.9 Å². The summed E-state index contributed by atoms with van der Waals surface area (Å²) in [5, 5.41) is 2.95. The van der Waals surface area contributed by atoms with E-state index in [4.69, 9.17) is 4.74 Å². The molecule has 1 atom stereocenters. The van der Waals surface area contributed by atoms with Crippen molar-refractivity contribution in [3.8, 4) is 0 Å². The lowest BCUT2D eigenvalue weighted by molar-refractivity contribution is -0.120. The molecular weight excluding hydrogens is 226 g/mol. The van der Waals surface area contributed by atoms with Gasteiger partial charge >= 0.3 is 0 Å². The number of rotatable bonds is 4. The molecule has 1 aliphatic rings. The molecular formula is C15H21NO2. The molecule has 1 unspecified atom stereocenters. The number of amides is 1. The Labute approximate surface area is 109 Å². The Hall–Kier alpha value is -1.35. The molecule has 0 saturated carbocycles. The van der Waals surface area contributed by atoms with Gasteiger partial charge in [0.15, 0.2) is 0 Å². The van der Waals surface area contributed by atoms with Gasteiger partial charge in [-0.3, -0.25) is 4.79 Å². The number of hydrogen-bond acceptors (Lipinski definition) is 2. The van der Waals surface area contributed by atoms with Crippen LogP contribution in [0.15, 0.2) is 18.2 Å². The molecule has 1 amide bonds. The van der Waals surface area contributed by atoms with E-state index in [1.807, 2.05) is 6.07 Å². The zero-order chi connectivity index (χ0) is 13.0. The summed E-state index contributed by atoms with van der Waals surface area (Å²) in [4.78, 5) is 11.8. The third kappa shape index (κ3) is 3.57. The molecule has 2 rings (SSSR count). The Kier molecular flexibility index (Phi) is 4.37. The van der Waals surface area contributed by atoms with Crippen LogP contribution in [0.25, 0.3) is 0 Å². The first-order chi connectivity index (χ1) is 8.65. The molecule has 0 spiro atoms. The third-order valence-electron chi connectivity index (χ3n) is 3.40. The number of hydrogen-bond donors (Lipinski definition) is 1. The standard InChI is InChI=1S/C15H21NO2/c1-11-5-6-13(12(2)8-11)9-15(17)16-10-14-4-3-7-18-14/h5-6,8,14H,3-4,7,9-10H2,1-2H3,(H,16,17). The molecule has 0 bridgehead atoms. The number of aryl methyl sites for hydroxylation is 2. The predicted octanol–water partition coefficient (Wildman–Crippen LogP) is 2.14. The van der Waals surface area contributed by atoms with Crippen LogP contribution in [0.5, 0.6) is 0 Å². The summed E-state index contributed by atoms with van der Waals surface area (Å²) in [5.74, 6) is 0.0810. The first-order valence-corrected chi connectivity index (χ1v) is 6.59. The van der Waals surface area contributed by atoms with E-state index in [2.05, 4.69) is 31.3 Å². The van der Waals surface area contributed by atoms with Crippen LogP contribution in [-0.4, -0.2) is 25.2 Å². The van der Waals surface area contributed by atoms with Crippen LogP contribution in [0.1, 0.15) is 29.5 Å². The van der Waals surface area contributed by atoms with Gasteiger partial charge in [-0.1, -0.05) is 23.8 Å². The van der Waals surface area contributed by atoms with Crippen molar-refractivity contribution in [2.45, 2.75) is 39.2 Å². The van der Waals surface area contributed by atoms with Crippen molar-refractivity contribution in [1.82, 2.24) is 5.32 Å². The van der Waals surface area contributed by atoms with Gasteiger partial charge in [0.05, 0.1) is 12.5 Å². The number of benzene rings is 1. The molecule has 18 heavy (non-hydrogen) atoms. The van der Waals surface area contributed by atoms with E-state index < -0.39 is 0 Å². The SMILES string of the molecule is Cc1ccc(CC(=O)NCC2CCCO2)c(C)c1. The topological polar surface area (TPSA) is 38.3 Å². The lowest BCUT2D eigenvalue weighted by Crippen LogP contribution is -2.32. The minimum absolute atomic E-state index is 0.0810. The van der Waals surface area contributed by atoms with Gasteiger partial charge in [0.1, 0.15) is 0 Å². The molecule has 98 valence electrons. The van der Waals surface area contributed by atoms with Gasteiger partial charge in [-0.15, -0.1) is 0 Å². The van der Waals surface area contributed by atoms with Crippen LogP contribution in [0.3, 0.4) is 0 Å². The van der Waals surface area contributed by atoms with Crippen LogP contribution in [0.4, 0.5) is 0 Å². The van der Waals surface area contributed by atoms with Crippen molar-refractivity contribution in [1.29, 1.82) is 0 Å². The minimum atomic E-state index is 0.0810. The third-order valence-corrected chi connectivity index (χ3v) is 3.40. The molecule has 1 aliphatic heterocycles. The lowest BCUT2D eigenvalue weighted by Gasteiger charge is -2.11.